The van der Waals surface area contributed by atoms with E-state index in [1.165, 1.54) is 12.1 Å². The summed E-state index contributed by atoms with van der Waals surface area (Å²) in [6, 6.07) is 5.76. The predicted molar refractivity (Wildman–Crippen MR) is 97.4 cm³/mol. The van der Waals surface area contributed by atoms with E-state index in [2.05, 4.69) is 4.72 Å². The van der Waals surface area contributed by atoms with Crippen LogP contribution in [0.2, 0.25) is 0 Å². The van der Waals surface area contributed by atoms with Crippen molar-refractivity contribution >= 4 is 16.1 Å². The Hall–Kier alpha value is -1.51. The highest BCUT2D eigenvalue weighted by atomic mass is 32.2. The van der Waals surface area contributed by atoms with Gasteiger partial charge in [-0.3, -0.25) is 4.79 Å². The number of halogens is 1. The van der Waals surface area contributed by atoms with Crippen molar-refractivity contribution in [3.8, 4) is 0 Å². The second kappa shape index (κ2) is 8.02. The molecule has 8 heteroatoms. The number of nitrogens with one attached hydrogen (secondary N) is 1. The van der Waals surface area contributed by atoms with Gasteiger partial charge in [0, 0.05) is 31.7 Å². The van der Waals surface area contributed by atoms with Gasteiger partial charge in [-0.2, -0.15) is 17.4 Å². The van der Waals surface area contributed by atoms with Crippen molar-refractivity contribution < 1.29 is 17.6 Å². The highest BCUT2D eigenvalue weighted by Gasteiger charge is 2.33. The zero-order chi connectivity index (χ0) is 18.7. The molecule has 2 saturated heterocycles. The summed E-state index contributed by atoms with van der Waals surface area (Å²) in [5.74, 6) is -0.867. The van der Waals surface area contributed by atoms with Gasteiger partial charge in [-0.15, -0.1) is 0 Å². The number of rotatable bonds is 4. The van der Waals surface area contributed by atoms with E-state index in [-0.39, 0.29) is 23.6 Å². The van der Waals surface area contributed by atoms with Crippen LogP contribution >= 0.6 is 0 Å². The van der Waals surface area contributed by atoms with E-state index in [9.17, 15) is 17.6 Å². The Morgan fingerprint density at radius 3 is 2.46 bits per heavy atom. The summed E-state index contributed by atoms with van der Waals surface area (Å²) in [5.41, 5.74) is 0.0636. The third-order valence-electron chi connectivity index (χ3n) is 5.25. The predicted octanol–water partition coefficient (Wildman–Crippen LogP) is 2.14. The van der Waals surface area contributed by atoms with Gasteiger partial charge in [-0.05, 0) is 44.7 Å². The summed E-state index contributed by atoms with van der Waals surface area (Å²) in [5, 5.41) is 0. The summed E-state index contributed by atoms with van der Waals surface area (Å²) < 4.78 is 43.4. The van der Waals surface area contributed by atoms with Crippen LogP contribution < -0.4 is 4.72 Å². The molecule has 26 heavy (non-hydrogen) atoms. The maximum Gasteiger partial charge on any atom is 0.279 e. The molecule has 0 aromatic heterocycles. The van der Waals surface area contributed by atoms with E-state index in [1.54, 1.807) is 21.3 Å². The van der Waals surface area contributed by atoms with E-state index in [1.807, 2.05) is 6.92 Å². The van der Waals surface area contributed by atoms with Crippen LogP contribution in [0.5, 0.6) is 0 Å². The molecule has 1 aromatic carbocycles. The average Bonchev–Trinajstić information content (AvgIpc) is 2.62. The molecule has 2 aliphatic heterocycles. The van der Waals surface area contributed by atoms with Gasteiger partial charge in [0.15, 0.2) is 0 Å². The first-order chi connectivity index (χ1) is 12.4. The number of amides is 1. The van der Waals surface area contributed by atoms with Gasteiger partial charge < -0.3 is 4.90 Å². The number of hydrogen-bond acceptors (Lipinski definition) is 3. The van der Waals surface area contributed by atoms with E-state index in [0.29, 0.717) is 32.5 Å². The number of benzene rings is 1. The molecule has 144 valence electrons. The monoisotopic (exact) mass is 383 g/mol. The Bertz CT molecular complexity index is 748. The molecular weight excluding hydrogens is 357 g/mol. The largest absolute Gasteiger partial charge is 0.338 e. The lowest BCUT2D eigenvalue weighted by Gasteiger charge is -2.36. The molecule has 0 radical (unpaired) electrons. The number of piperidine rings is 2. The quantitative estimate of drug-likeness (QED) is 0.866. The SMILES string of the molecule is CC1CCCCN1S(=O)(=O)NC1CCN(C(=O)c2ccccc2F)CC1. The van der Waals surface area contributed by atoms with Crippen molar-refractivity contribution in [2.24, 2.45) is 0 Å². The molecule has 0 spiro atoms. The van der Waals surface area contributed by atoms with Crippen LogP contribution in [0.4, 0.5) is 4.39 Å². The van der Waals surface area contributed by atoms with Crippen molar-refractivity contribution in [3.63, 3.8) is 0 Å². The molecule has 0 bridgehead atoms. The molecule has 0 aliphatic carbocycles. The fourth-order valence-electron chi connectivity index (χ4n) is 3.71. The molecule has 2 heterocycles. The van der Waals surface area contributed by atoms with Gasteiger partial charge >= 0.3 is 0 Å². The first kappa shape index (κ1) is 19.3. The number of hydrogen-bond donors (Lipinski definition) is 1. The zero-order valence-corrected chi connectivity index (χ0v) is 15.8. The Balaban J connectivity index is 1.57. The second-order valence-electron chi connectivity index (χ2n) is 7.12. The molecule has 1 N–H and O–H groups in total. The smallest absolute Gasteiger partial charge is 0.279 e. The van der Waals surface area contributed by atoms with Crippen molar-refractivity contribution in [1.29, 1.82) is 0 Å². The Morgan fingerprint density at radius 2 is 1.81 bits per heavy atom. The van der Waals surface area contributed by atoms with Crippen LogP contribution in [0.3, 0.4) is 0 Å². The Kier molecular flexibility index (Phi) is 5.94. The Morgan fingerprint density at radius 1 is 1.12 bits per heavy atom. The standard InChI is InChI=1S/C18H26FN3O3S/c1-14-6-4-5-11-22(14)26(24,25)20-15-9-12-21(13-10-15)18(23)16-7-2-3-8-17(16)19/h2-3,7-8,14-15,20H,4-6,9-13H2,1H3. The summed E-state index contributed by atoms with van der Waals surface area (Å²) in [6.07, 6.45) is 3.89. The van der Waals surface area contributed by atoms with Crippen LogP contribution in [0, 0.1) is 5.82 Å². The van der Waals surface area contributed by atoms with Gasteiger partial charge in [0.2, 0.25) is 0 Å². The van der Waals surface area contributed by atoms with Gasteiger partial charge in [-0.25, -0.2) is 4.39 Å². The van der Waals surface area contributed by atoms with Crippen molar-refractivity contribution in [2.45, 2.75) is 51.1 Å². The van der Waals surface area contributed by atoms with E-state index < -0.39 is 16.0 Å². The maximum absolute atomic E-state index is 13.8. The molecule has 1 aromatic rings. The van der Waals surface area contributed by atoms with E-state index in [0.717, 1.165) is 19.3 Å². The van der Waals surface area contributed by atoms with Crippen LogP contribution in [-0.4, -0.2) is 55.2 Å². The van der Waals surface area contributed by atoms with Crippen molar-refractivity contribution in [2.75, 3.05) is 19.6 Å². The molecule has 2 fully saturated rings. The van der Waals surface area contributed by atoms with Gasteiger partial charge in [-0.1, -0.05) is 18.6 Å². The summed E-state index contributed by atoms with van der Waals surface area (Å²) in [4.78, 5) is 14.0. The van der Waals surface area contributed by atoms with Gasteiger partial charge in [0.25, 0.3) is 16.1 Å². The van der Waals surface area contributed by atoms with E-state index >= 15 is 0 Å². The fourth-order valence-corrected chi connectivity index (χ4v) is 5.45. The zero-order valence-electron chi connectivity index (χ0n) is 15.0. The molecule has 2 aliphatic rings. The number of carbonyl (C=O) groups excluding carboxylic acids is 1. The first-order valence-electron chi connectivity index (χ1n) is 9.21. The van der Waals surface area contributed by atoms with Crippen molar-refractivity contribution in [3.05, 3.63) is 35.6 Å². The normalized spacial score (nSPS) is 23.2. The molecule has 6 nitrogen and oxygen atoms in total. The van der Waals surface area contributed by atoms with Gasteiger partial charge in [0.05, 0.1) is 5.56 Å². The lowest BCUT2D eigenvalue weighted by atomic mass is 10.0. The highest BCUT2D eigenvalue weighted by molar-refractivity contribution is 7.87. The number of nitrogens with zero attached hydrogens (tertiary/aromatic N) is 2. The minimum Gasteiger partial charge on any atom is -0.338 e. The summed E-state index contributed by atoms with van der Waals surface area (Å²) in [7, 11) is -3.51. The van der Waals surface area contributed by atoms with Gasteiger partial charge in [0.1, 0.15) is 5.82 Å². The molecular formula is C18H26FN3O3S. The third kappa shape index (κ3) is 4.24. The van der Waals surface area contributed by atoms with Crippen LogP contribution in [0.25, 0.3) is 0 Å². The molecule has 1 unspecified atom stereocenters. The molecule has 0 saturated carbocycles. The summed E-state index contributed by atoms with van der Waals surface area (Å²) in [6.45, 7) is 3.32. The van der Waals surface area contributed by atoms with E-state index in [4.69, 9.17) is 0 Å². The molecule has 3 rings (SSSR count). The highest BCUT2D eigenvalue weighted by Crippen LogP contribution is 2.21. The Labute approximate surface area is 154 Å². The van der Waals surface area contributed by atoms with Crippen molar-refractivity contribution in [1.82, 2.24) is 13.9 Å². The maximum atomic E-state index is 13.8. The van der Waals surface area contributed by atoms with Crippen LogP contribution in [0.15, 0.2) is 24.3 Å². The fraction of sp³-hybridized carbons (Fsp3) is 0.611. The molecule has 1 atom stereocenters. The second-order valence-corrected chi connectivity index (χ2v) is 8.78. The summed E-state index contributed by atoms with van der Waals surface area (Å²) >= 11 is 0. The van der Waals surface area contributed by atoms with Crippen LogP contribution in [-0.2, 0) is 10.2 Å². The average molecular weight is 383 g/mol. The lowest BCUT2D eigenvalue weighted by molar-refractivity contribution is 0.0706. The minimum atomic E-state index is -3.51. The minimum absolute atomic E-state index is 0.0176. The van der Waals surface area contributed by atoms with Crippen LogP contribution in [0.1, 0.15) is 49.4 Å². The molecule has 1 amide bonds. The lowest BCUT2D eigenvalue weighted by Crippen LogP contribution is -2.53. The third-order valence-corrected chi connectivity index (χ3v) is 7.04. The topological polar surface area (TPSA) is 69.7 Å². The number of likely N-dealkylation sites (tertiary alicyclic amines) is 1. The number of carbonyl (C=O) groups is 1. The first-order valence-corrected chi connectivity index (χ1v) is 10.7.